The summed E-state index contributed by atoms with van der Waals surface area (Å²) >= 11 is 0. The second kappa shape index (κ2) is 7.14. The van der Waals surface area contributed by atoms with Gasteiger partial charge in [0.15, 0.2) is 0 Å². The molecular weight excluding hydrogens is 300 g/mol. The van der Waals surface area contributed by atoms with Gasteiger partial charge in [0, 0.05) is 32.6 Å². The molecule has 2 aliphatic rings. The molecule has 2 saturated heterocycles. The van der Waals surface area contributed by atoms with Crippen molar-refractivity contribution in [1.29, 1.82) is 0 Å². The van der Waals surface area contributed by atoms with Gasteiger partial charge in [0.05, 0.1) is 6.61 Å². The highest BCUT2D eigenvalue weighted by atomic mass is 16.5. The summed E-state index contributed by atoms with van der Waals surface area (Å²) in [5.74, 6) is 2.85. The number of carbonyl (C=O) groups is 1. The predicted octanol–water partition coefficient (Wildman–Crippen LogP) is 3.09. The van der Waals surface area contributed by atoms with Crippen LogP contribution >= 0.6 is 0 Å². The van der Waals surface area contributed by atoms with Crippen LogP contribution in [0.25, 0.3) is 0 Å². The Morgan fingerprint density at radius 3 is 2.75 bits per heavy atom. The van der Waals surface area contributed by atoms with Gasteiger partial charge in [-0.25, -0.2) is 0 Å². The van der Waals surface area contributed by atoms with Crippen LogP contribution in [0.15, 0.2) is 12.1 Å². The third-order valence-electron chi connectivity index (χ3n) is 5.45. The highest BCUT2D eigenvalue weighted by molar-refractivity contribution is 5.77. The largest absolute Gasteiger partial charge is 0.494 e. The van der Waals surface area contributed by atoms with E-state index in [-0.39, 0.29) is 5.91 Å². The number of hydrogen-bond acceptors (Lipinski definition) is 3. The molecule has 2 atom stereocenters. The van der Waals surface area contributed by atoms with Gasteiger partial charge in [-0.15, -0.1) is 0 Å². The summed E-state index contributed by atoms with van der Waals surface area (Å²) in [6.45, 7) is 13.3. The number of nitrogens with one attached hydrogen (secondary N) is 1. The molecule has 0 aromatic heterocycles. The Morgan fingerprint density at radius 1 is 1.29 bits per heavy atom. The Bertz CT molecular complexity index is 612. The minimum Gasteiger partial charge on any atom is -0.494 e. The fourth-order valence-corrected chi connectivity index (χ4v) is 4.07. The summed E-state index contributed by atoms with van der Waals surface area (Å²) in [4.78, 5) is 14.1. The number of aryl methyl sites for hydroxylation is 1. The first-order chi connectivity index (χ1) is 11.5. The molecule has 0 aliphatic carbocycles. The lowest BCUT2D eigenvalue weighted by molar-refractivity contribution is -0.124. The molecule has 1 amide bonds. The van der Waals surface area contributed by atoms with E-state index in [4.69, 9.17) is 4.74 Å². The highest BCUT2D eigenvalue weighted by Crippen LogP contribution is 2.33. The van der Waals surface area contributed by atoms with Gasteiger partial charge >= 0.3 is 0 Å². The molecule has 4 heteroatoms. The molecule has 4 nitrogen and oxygen atoms in total. The van der Waals surface area contributed by atoms with Crippen molar-refractivity contribution in [3.63, 3.8) is 0 Å². The second-order valence-corrected chi connectivity index (χ2v) is 7.63. The van der Waals surface area contributed by atoms with Gasteiger partial charge < -0.3 is 10.1 Å². The summed E-state index contributed by atoms with van der Waals surface area (Å²) in [6.07, 6.45) is 0.695. The molecule has 0 unspecified atom stereocenters. The van der Waals surface area contributed by atoms with Crippen molar-refractivity contribution >= 4 is 5.91 Å². The molecule has 1 N–H and O–H groups in total. The molecule has 1 aromatic rings. The van der Waals surface area contributed by atoms with Crippen LogP contribution in [0.4, 0.5) is 0 Å². The number of fused-ring (bicyclic) bond motifs is 1. The molecule has 3 rings (SSSR count). The zero-order valence-electron chi connectivity index (χ0n) is 15.4. The lowest BCUT2D eigenvalue weighted by atomic mass is 9.89. The highest BCUT2D eigenvalue weighted by Gasteiger charge is 2.37. The van der Waals surface area contributed by atoms with Gasteiger partial charge in [-0.1, -0.05) is 19.9 Å². The monoisotopic (exact) mass is 330 g/mol. The summed E-state index contributed by atoms with van der Waals surface area (Å²) in [7, 11) is 0. The zero-order chi connectivity index (χ0) is 17.3. The molecule has 0 bridgehead atoms. The van der Waals surface area contributed by atoms with E-state index in [0.717, 1.165) is 31.9 Å². The van der Waals surface area contributed by atoms with E-state index in [1.165, 1.54) is 16.7 Å². The maximum absolute atomic E-state index is 11.6. The molecule has 24 heavy (non-hydrogen) atoms. The Kier molecular flexibility index (Phi) is 5.14. The van der Waals surface area contributed by atoms with E-state index >= 15 is 0 Å². The molecule has 0 spiro atoms. The number of rotatable bonds is 5. The van der Waals surface area contributed by atoms with Crippen LogP contribution in [-0.2, 0) is 11.3 Å². The number of likely N-dealkylation sites (tertiary alicyclic amines) is 1. The minimum absolute atomic E-state index is 0.220. The molecule has 2 fully saturated rings. The van der Waals surface area contributed by atoms with E-state index in [1.807, 2.05) is 6.92 Å². The van der Waals surface area contributed by atoms with Crippen LogP contribution in [-0.4, -0.2) is 37.0 Å². The van der Waals surface area contributed by atoms with Crippen molar-refractivity contribution in [3.8, 4) is 5.75 Å². The molecule has 132 valence electrons. The summed E-state index contributed by atoms with van der Waals surface area (Å²) < 4.78 is 5.83. The van der Waals surface area contributed by atoms with Crippen molar-refractivity contribution in [2.24, 2.45) is 11.8 Å². The lowest BCUT2D eigenvalue weighted by Crippen LogP contribution is -2.39. The average Bonchev–Trinajstić information content (AvgIpc) is 2.91. The van der Waals surface area contributed by atoms with Crippen molar-refractivity contribution in [2.45, 2.75) is 46.6 Å². The SMILES string of the molecule is CCOc1cc(C)c(CN2C[C@H]3CC(=O)NC[C@H]3C2)cc1C(C)C. The van der Waals surface area contributed by atoms with Crippen LogP contribution in [0.3, 0.4) is 0 Å². The Balaban J connectivity index is 1.75. The Labute approximate surface area is 145 Å². The summed E-state index contributed by atoms with van der Waals surface area (Å²) in [5, 5.41) is 3.01. The van der Waals surface area contributed by atoms with E-state index in [9.17, 15) is 4.79 Å². The molecule has 0 saturated carbocycles. The van der Waals surface area contributed by atoms with Gasteiger partial charge in [-0.2, -0.15) is 0 Å². The van der Waals surface area contributed by atoms with Crippen LogP contribution in [0, 0.1) is 18.8 Å². The molecule has 0 radical (unpaired) electrons. The standard InChI is InChI=1S/C20H30N2O2/c1-5-24-19-6-14(4)15(7-18(19)13(2)3)10-22-11-16-8-20(23)21-9-17(16)12-22/h6-7,13,16-17H,5,8-12H2,1-4H3,(H,21,23)/t16-,17+/m1/s1. The fourth-order valence-electron chi connectivity index (χ4n) is 4.07. The van der Waals surface area contributed by atoms with Crippen molar-refractivity contribution < 1.29 is 9.53 Å². The first-order valence-corrected chi connectivity index (χ1v) is 9.23. The topological polar surface area (TPSA) is 41.6 Å². The van der Waals surface area contributed by atoms with Crippen LogP contribution in [0.2, 0.25) is 0 Å². The Morgan fingerprint density at radius 2 is 2.04 bits per heavy atom. The quantitative estimate of drug-likeness (QED) is 0.902. The van der Waals surface area contributed by atoms with Gasteiger partial charge in [0.25, 0.3) is 0 Å². The average molecular weight is 330 g/mol. The third kappa shape index (κ3) is 3.59. The van der Waals surface area contributed by atoms with Gasteiger partial charge in [-0.3, -0.25) is 9.69 Å². The summed E-state index contributed by atoms with van der Waals surface area (Å²) in [5.41, 5.74) is 3.98. The number of benzene rings is 1. The van der Waals surface area contributed by atoms with Crippen molar-refractivity contribution in [1.82, 2.24) is 10.2 Å². The number of ether oxygens (including phenoxy) is 1. The van der Waals surface area contributed by atoms with Gasteiger partial charge in [-0.05, 0) is 54.4 Å². The zero-order valence-corrected chi connectivity index (χ0v) is 15.4. The van der Waals surface area contributed by atoms with Crippen molar-refractivity contribution in [2.75, 3.05) is 26.2 Å². The summed E-state index contributed by atoms with van der Waals surface area (Å²) in [6, 6.07) is 4.53. The fraction of sp³-hybridized carbons (Fsp3) is 0.650. The van der Waals surface area contributed by atoms with Crippen molar-refractivity contribution in [3.05, 3.63) is 28.8 Å². The van der Waals surface area contributed by atoms with E-state index in [0.29, 0.717) is 30.8 Å². The van der Waals surface area contributed by atoms with Crippen LogP contribution < -0.4 is 10.1 Å². The number of amides is 1. The first kappa shape index (κ1) is 17.3. The number of nitrogens with zero attached hydrogens (tertiary/aromatic N) is 1. The van der Waals surface area contributed by atoms with Gasteiger partial charge in [0.2, 0.25) is 5.91 Å². The third-order valence-corrected chi connectivity index (χ3v) is 5.45. The normalized spacial score (nSPS) is 24.1. The van der Waals surface area contributed by atoms with E-state index in [1.54, 1.807) is 0 Å². The smallest absolute Gasteiger partial charge is 0.220 e. The molecule has 1 aromatic carbocycles. The predicted molar refractivity (Wildman–Crippen MR) is 96.3 cm³/mol. The van der Waals surface area contributed by atoms with Crippen LogP contribution in [0.5, 0.6) is 5.75 Å². The minimum atomic E-state index is 0.220. The second-order valence-electron chi connectivity index (χ2n) is 7.63. The van der Waals surface area contributed by atoms with E-state index in [2.05, 4.69) is 43.1 Å². The number of hydrogen-bond donors (Lipinski definition) is 1. The number of carbonyl (C=O) groups excluding carboxylic acids is 1. The molecule has 2 aliphatic heterocycles. The van der Waals surface area contributed by atoms with Crippen LogP contribution in [0.1, 0.15) is 49.8 Å². The molecular formula is C20H30N2O2. The Hall–Kier alpha value is -1.55. The maximum Gasteiger partial charge on any atom is 0.220 e. The number of piperidine rings is 1. The van der Waals surface area contributed by atoms with E-state index < -0.39 is 0 Å². The van der Waals surface area contributed by atoms with Gasteiger partial charge in [0.1, 0.15) is 5.75 Å². The molecule has 2 heterocycles. The lowest BCUT2D eigenvalue weighted by Gasteiger charge is -2.23. The maximum atomic E-state index is 11.6. The first-order valence-electron chi connectivity index (χ1n) is 9.23.